The number of amides is 4. The van der Waals surface area contributed by atoms with Crippen LogP contribution in [0.1, 0.15) is 41.8 Å². The van der Waals surface area contributed by atoms with E-state index in [1.165, 1.54) is 0 Å². The van der Waals surface area contributed by atoms with E-state index in [9.17, 15) is 19.2 Å². The highest BCUT2D eigenvalue weighted by molar-refractivity contribution is 6.11. The van der Waals surface area contributed by atoms with Crippen molar-refractivity contribution in [1.82, 2.24) is 10.2 Å². The fraction of sp³-hybridized carbons (Fsp3) is 0.273. The van der Waals surface area contributed by atoms with Crippen LogP contribution in [0.15, 0.2) is 48.5 Å². The Morgan fingerprint density at radius 2 is 1.66 bits per heavy atom. The summed E-state index contributed by atoms with van der Waals surface area (Å²) < 4.78 is 0. The van der Waals surface area contributed by atoms with Gasteiger partial charge in [-0.1, -0.05) is 36.8 Å². The molecule has 1 aliphatic rings. The van der Waals surface area contributed by atoms with Crippen LogP contribution in [0.25, 0.3) is 0 Å². The smallest absolute Gasteiger partial charge is 0.325 e. The molecule has 0 aliphatic carbocycles. The molecule has 0 radical (unpaired) electrons. The number of hydrogen-bond donors (Lipinski definition) is 2. The molecule has 1 fully saturated rings. The lowest BCUT2D eigenvalue weighted by molar-refractivity contribution is -0.130. The first-order chi connectivity index (χ1) is 13.7. The number of benzene rings is 2. The Bertz CT molecular complexity index is 967. The third-order valence-electron chi connectivity index (χ3n) is 5.02. The number of carbonyl (C=O) groups is 4. The molecule has 0 bridgehead atoms. The number of hydrogen-bond acceptors (Lipinski definition) is 4. The summed E-state index contributed by atoms with van der Waals surface area (Å²) in [7, 11) is 0. The molecule has 2 aromatic carbocycles. The van der Waals surface area contributed by atoms with Crippen LogP contribution in [-0.2, 0) is 15.1 Å². The molecule has 7 nitrogen and oxygen atoms in total. The largest absolute Gasteiger partial charge is 0.326 e. The van der Waals surface area contributed by atoms with Gasteiger partial charge in [-0.25, -0.2) is 4.79 Å². The normalized spacial score (nSPS) is 18.5. The highest BCUT2D eigenvalue weighted by Crippen LogP contribution is 2.29. The van der Waals surface area contributed by atoms with E-state index in [0.717, 1.165) is 10.5 Å². The fourth-order valence-corrected chi connectivity index (χ4v) is 3.15. The molecule has 2 aromatic rings. The van der Waals surface area contributed by atoms with Crippen molar-refractivity contribution >= 4 is 29.3 Å². The first-order valence-electron chi connectivity index (χ1n) is 9.39. The van der Waals surface area contributed by atoms with Crippen LogP contribution < -0.4 is 10.6 Å². The van der Waals surface area contributed by atoms with E-state index in [-0.39, 0.29) is 18.2 Å². The molecule has 0 spiro atoms. The summed E-state index contributed by atoms with van der Waals surface area (Å²) in [5.74, 6) is -0.958. The average molecular weight is 393 g/mol. The van der Waals surface area contributed by atoms with Crippen LogP contribution in [0.3, 0.4) is 0 Å². The second-order valence-corrected chi connectivity index (χ2v) is 7.21. The van der Waals surface area contributed by atoms with Gasteiger partial charge in [-0.05, 0) is 43.7 Å². The van der Waals surface area contributed by atoms with Gasteiger partial charge in [0.15, 0.2) is 5.78 Å². The van der Waals surface area contributed by atoms with Gasteiger partial charge in [0, 0.05) is 17.7 Å². The van der Waals surface area contributed by atoms with Crippen molar-refractivity contribution in [3.8, 4) is 0 Å². The molecule has 1 atom stereocenters. The van der Waals surface area contributed by atoms with Gasteiger partial charge in [-0.3, -0.25) is 19.3 Å². The van der Waals surface area contributed by atoms with Crippen molar-refractivity contribution in [2.45, 2.75) is 32.7 Å². The Hall–Kier alpha value is -3.48. The Morgan fingerprint density at radius 1 is 1.03 bits per heavy atom. The SMILES string of the molecule is CCC(=O)Nc1ccc(C(=O)CN2C(=O)N[C@@](C)(c3ccc(C)cc3)C2=O)cc1. The molecule has 7 heteroatoms. The number of nitrogens with zero attached hydrogens (tertiary/aromatic N) is 1. The summed E-state index contributed by atoms with van der Waals surface area (Å²) in [6.07, 6.45) is 0.354. The predicted molar refractivity (Wildman–Crippen MR) is 108 cm³/mol. The van der Waals surface area contributed by atoms with Crippen LogP contribution in [0.2, 0.25) is 0 Å². The minimum absolute atomic E-state index is 0.126. The molecular formula is C22H23N3O4. The van der Waals surface area contributed by atoms with Gasteiger partial charge in [-0.15, -0.1) is 0 Å². The van der Waals surface area contributed by atoms with Crippen molar-refractivity contribution in [1.29, 1.82) is 0 Å². The number of carbonyl (C=O) groups excluding carboxylic acids is 4. The van der Waals surface area contributed by atoms with Crippen LogP contribution >= 0.6 is 0 Å². The molecule has 1 heterocycles. The quantitative estimate of drug-likeness (QED) is 0.583. The molecule has 4 amide bonds. The lowest BCUT2D eigenvalue weighted by atomic mass is 9.91. The highest BCUT2D eigenvalue weighted by Gasteiger charge is 2.49. The summed E-state index contributed by atoms with van der Waals surface area (Å²) >= 11 is 0. The minimum Gasteiger partial charge on any atom is -0.326 e. The molecule has 0 saturated carbocycles. The van der Waals surface area contributed by atoms with Crippen molar-refractivity contribution in [2.24, 2.45) is 0 Å². The lowest BCUT2D eigenvalue weighted by Crippen LogP contribution is -2.41. The van der Waals surface area contributed by atoms with Crippen molar-refractivity contribution < 1.29 is 19.2 Å². The number of Topliss-reactive ketones (excluding diaryl/α,β-unsaturated/α-hetero) is 1. The van der Waals surface area contributed by atoms with Gasteiger partial charge in [0.05, 0.1) is 6.54 Å². The van der Waals surface area contributed by atoms with Crippen LogP contribution in [0.4, 0.5) is 10.5 Å². The zero-order chi connectivity index (χ0) is 21.2. The third kappa shape index (κ3) is 4.03. The third-order valence-corrected chi connectivity index (χ3v) is 5.02. The first-order valence-corrected chi connectivity index (χ1v) is 9.39. The summed E-state index contributed by atoms with van der Waals surface area (Å²) in [4.78, 5) is 50.3. The topological polar surface area (TPSA) is 95.6 Å². The summed E-state index contributed by atoms with van der Waals surface area (Å²) in [5, 5.41) is 5.40. The van der Waals surface area contributed by atoms with Gasteiger partial charge >= 0.3 is 6.03 Å². The van der Waals surface area contributed by atoms with E-state index in [2.05, 4.69) is 10.6 Å². The molecule has 1 aliphatic heterocycles. The molecular weight excluding hydrogens is 370 g/mol. The zero-order valence-corrected chi connectivity index (χ0v) is 16.6. The molecule has 0 aromatic heterocycles. The van der Waals surface area contributed by atoms with Gasteiger partial charge in [0.1, 0.15) is 5.54 Å². The van der Waals surface area contributed by atoms with Crippen molar-refractivity contribution in [3.63, 3.8) is 0 Å². The summed E-state index contributed by atoms with van der Waals surface area (Å²) in [5.41, 5.74) is 1.42. The second-order valence-electron chi connectivity index (χ2n) is 7.21. The van der Waals surface area contributed by atoms with Crippen LogP contribution in [-0.4, -0.2) is 35.1 Å². The average Bonchev–Trinajstić information content (AvgIpc) is 2.92. The standard InChI is InChI=1S/C22H23N3O4/c1-4-19(27)23-17-11-7-15(8-12-17)18(26)13-25-20(28)22(3,24-21(25)29)16-9-5-14(2)6-10-16/h5-12H,4,13H2,1-3H3,(H,23,27)(H,24,29)/t22-/m0/s1. The number of ketones is 1. The summed E-state index contributed by atoms with van der Waals surface area (Å²) in [6, 6.07) is 13.1. The van der Waals surface area contributed by atoms with Gasteiger partial charge in [-0.2, -0.15) is 0 Å². The Morgan fingerprint density at radius 3 is 2.24 bits per heavy atom. The fourth-order valence-electron chi connectivity index (χ4n) is 3.15. The lowest BCUT2D eigenvalue weighted by Gasteiger charge is -2.22. The van der Waals surface area contributed by atoms with Gasteiger partial charge < -0.3 is 10.6 Å². The summed E-state index contributed by atoms with van der Waals surface area (Å²) in [6.45, 7) is 4.96. The second kappa shape index (κ2) is 7.87. The molecule has 29 heavy (non-hydrogen) atoms. The van der Waals surface area contributed by atoms with E-state index >= 15 is 0 Å². The Kier molecular flexibility index (Phi) is 5.50. The molecule has 150 valence electrons. The molecule has 3 rings (SSSR count). The first kappa shape index (κ1) is 20.3. The molecule has 1 saturated heterocycles. The van der Waals surface area contributed by atoms with E-state index in [4.69, 9.17) is 0 Å². The molecule has 0 unspecified atom stereocenters. The van der Waals surface area contributed by atoms with E-state index < -0.39 is 17.5 Å². The van der Waals surface area contributed by atoms with Gasteiger partial charge in [0.25, 0.3) is 5.91 Å². The maximum Gasteiger partial charge on any atom is 0.325 e. The maximum absolute atomic E-state index is 12.9. The van der Waals surface area contributed by atoms with Crippen molar-refractivity contribution in [2.75, 3.05) is 11.9 Å². The minimum atomic E-state index is -1.21. The Balaban J connectivity index is 1.73. The van der Waals surface area contributed by atoms with Crippen LogP contribution in [0, 0.1) is 6.92 Å². The molecule has 2 N–H and O–H groups in total. The number of aryl methyl sites for hydroxylation is 1. The number of urea groups is 1. The number of imide groups is 1. The number of rotatable bonds is 6. The van der Waals surface area contributed by atoms with E-state index in [0.29, 0.717) is 23.2 Å². The predicted octanol–water partition coefficient (Wildman–Crippen LogP) is 2.99. The van der Waals surface area contributed by atoms with E-state index in [1.54, 1.807) is 50.2 Å². The number of anilines is 1. The van der Waals surface area contributed by atoms with Crippen LogP contribution in [0.5, 0.6) is 0 Å². The maximum atomic E-state index is 12.9. The monoisotopic (exact) mass is 393 g/mol. The van der Waals surface area contributed by atoms with Crippen molar-refractivity contribution in [3.05, 3.63) is 65.2 Å². The zero-order valence-electron chi connectivity index (χ0n) is 16.6. The number of nitrogens with one attached hydrogen (secondary N) is 2. The Labute approximate surface area is 169 Å². The van der Waals surface area contributed by atoms with E-state index in [1.807, 2.05) is 19.1 Å². The van der Waals surface area contributed by atoms with Gasteiger partial charge in [0.2, 0.25) is 5.91 Å². The highest BCUT2D eigenvalue weighted by atomic mass is 16.2.